The van der Waals surface area contributed by atoms with Gasteiger partial charge in [-0.25, -0.2) is 0 Å². The van der Waals surface area contributed by atoms with Crippen LogP contribution in [0.15, 0.2) is 34.1 Å². The number of rotatable bonds is 5. The van der Waals surface area contributed by atoms with Gasteiger partial charge in [-0.1, -0.05) is 28.9 Å². The Morgan fingerprint density at radius 3 is 3.10 bits per heavy atom. The highest BCUT2D eigenvalue weighted by atomic mass is 79.9. The zero-order chi connectivity index (χ0) is 13.9. The molecule has 0 radical (unpaired) electrons. The number of fused-ring (bicyclic) bond motifs is 1. The standard InChI is InChI=1S/C16H18BrNOS/c1-2-18-14(15-4-3-7-20-15)10-12-9-13(17)8-11-5-6-19-16(11)12/h3-4,7-9,14,18H,2,5-6,10H2,1H3. The van der Waals surface area contributed by atoms with E-state index >= 15 is 0 Å². The fraction of sp³-hybridized carbons (Fsp3) is 0.375. The quantitative estimate of drug-likeness (QED) is 0.864. The molecule has 0 saturated heterocycles. The number of hydrogen-bond donors (Lipinski definition) is 1. The number of ether oxygens (including phenoxy) is 1. The van der Waals surface area contributed by atoms with Crippen LogP contribution in [0.1, 0.15) is 29.0 Å². The SMILES string of the molecule is CCNC(Cc1cc(Br)cc2c1OCC2)c1cccs1. The zero-order valence-corrected chi connectivity index (χ0v) is 13.9. The Bertz CT molecular complexity index is 582. The van der Waals surface area contributed by atoms with Crippen molar-refractivity contribution in [3.8, 4) is 5.75 Å². The molecule has 1 unspecified atom stereocenters. The van der Waals surface area contributed by atoms with Gasteiger partial charge in [-0.15, -0.1) is 11.3 Å². The second kappa shape index (κ2) is 6.29. The average Bonchev–Trinajstić information content (AvgIpc) is 3.08. The summed E-state index contributed by atoms with van der Waals surface area (Å²) in [5.74, 6) is 1.10. The van der Waals surface area contributed by atoms with Crippen molar-refractivity contribution >= 4 is 27.3 Å². The number of nitrogens with one attached hydrogen (secondary N) is 1. The lowest BCUT2D eigenvalue weighted by atomic mass is 10.0. The molecule has 0 fully saturated rings. The molecular weight excluding hydrogens is 334 g/mol. The summed E-state index contributed by atoms with van der Waals surface area (Å²) >= 11 is 5.43. The molecule has 106 valence electrons. The van der Waals surface area contributed by atoms with Crippen molar-refractivity contribution < 1.29 is 4.74 Å². The van der Waals surface area contributed by atoms with E-state index in [1.165, 1.54) is 16.0 Å². The van der Waals surface area contributed by atoms with E-state index in [0.717, 1.165) is 36.2 Å². The third kappa shape index (κ3) is 2.92. The topological polar surface area (TPSA) is 21.3 Å². The summed E-state index contributed by atoms with van der Waals surface area (Å²) in [5, 5.41) is 5.72. The minimum atomic E-state index is 0.364. The minimum absolute atomic E-state index is 0.364. The van der Waals surface area contributed by atoms with Gasteiger partial charge in [0.25, 0.3) is 0 Å². The summed E-state index contributed by atoms with van der Waals surface area (Å²) in [7, 11) is 0. The third-order valence-electron chi connectivity index (χ3n) is 3.59. The molecule has 0 saturated carbocycles. The molecule has 1 aromatic heterocycles. The zero-order valence-electron chi connectivity index (χ0n) is 11.5. The van der Waals surface area contributed by atoms with Crippen LogP contribution in [0, 0.1) is 0 Å². The van der Waals surface area contributed by atoms with Gasteiger partial charge < -0.3 is 10.1 Å². The summed E-state index contributed by atoms with van der Waals surface area (Å²) in [5.41, 5.74) is 2.63. The fourth-order valence-corrected chi connectivity index (χ4v) is 4.08. The molecule has 1 aliphatic rings. The monoisotopic (exact) mass is 351 g/mol. The normalized spacial score (nSPS) is 14.9. The van der Waals surface area contributed by atoms with Crippen molar-refractivity contribution in [2.24, 2.45) is 0 Å². The molecule has 2 heterocycles. The van der Waals surface area contributed by atoms with E-state index in [2.05, 4.69) is 57.8 Å². The van der Waals surface area contributed by atoms with Gasteiger partial charge in [0, 0.05) is 21.8 Å². The van der Waals surface area contributed by atoms with Crippen LogP contribution in [-0.4, -0.2) is 13.2 Å². The molecule has 2 nitrogen and oxygen atoms in total. The van der Waals surface area contributed by atoms with Crippen molar-refractivity contribution in [2.45, 2.75) is 25.8 Å². The van der Waals surface area contributed by atoms with Crippen LogP contribution >= 0.6 is 27.3 Å². The molecule has 3 rings (SSSR count). The third-order valence-corrected chi connectivity index (χ3v) is 5.03. The van der Waals surface area contributed by atoms with Crippen molar-refractivity contribution in [3.05, 3.63) is 50.1 Å². The summed E-state index contributed by atoms with van der Waals surface area (Å²) in [6.07, 6.45) is 1.99. The molecule has 1 aliphatic heterocycles. The molecule has 4 heteroatoms. The van der Waals surface area contributed by atoms with Crippen LogP contribution in [0.4, 0.5) is 0 Å². The van der Waals surface area contributed by atoms with Gasteiger partial charge in [-0.05, 0) is 47.7 Å². The highest BCUT2D eigenvalue weighted by Gasteiger charge is 2.21. The van der Waals surface area contributed by atoms with E-state index < -0.39 is 0 Å². The Labute approximate surface area is 132 Å². The van der Waals surface area contributed by atoms with E-state index in [0.29, 0.717) is 6.04 Å². The van der Waals surface area contributed by atoms with E-state index in [1.54, 1.807) is 0 Å². The van der Waals surface area contributed by atoms with Gasteiger partial charge in [0.1, 0.15) is 5.75 Å². The molecule has 0 amide bonds. The van der Waals surface area contributed by atoms with Gasteiger partial charge in [-0.2, -0.15) is 0 Å². The molecule has 1 N–H and O–H groups in total. The molecule has 0 aliphatic carbocycles. The summed E-state index contributed by atoms with van der Waals surface area (Å²) in [6, 6.07) is 9.06. The van der Waals surface area contributed by atoms with Crippen LogP contribution in [-0.2, 0) is 12.8 Å². The molecule has 1 atom stereocenters. The molecule has 0 spiro atoms. The van der Waals surface area contributed by atoms with Gasteiger partial charge >= 0.3 is 0 Å². The van der Waals surface area contributed by atoms with E-state index in [4.69, 9.17) is 4.74 Å². The lowest BCUT2D eigenvalue weighted by molar-refractivity contribution is 0.351. The molecular formula is C16H18BrNOS. The molecule has 0 bridgehead atoms. The van der Waals surface area contributed by atoms with Crippen molar-refractivity contribution in [1.29, 1.82) is 0 Å². The summed E-state index contributed by atoms with van der Waals surface area (Å²) in [4.78, 5) is 1.39. The molecule has 20 heavy (non-hydrogen) atoms. The Kier molecular flexibility index (Phi) is 4.44. The lowest BCUT2D eigenvalue weighted by Crippen LogP contribution is -2.22. The van der Waals surface area contributed by atoms with Crippen molar-refractivity contribution in [3.63, 3.8) is 0 Å². The number of likely N-dealkylation sites (N-methyl/N-ethyl adjacent to an activating group) is 1. The number of halogens is 1. The van der Waals surface area contributed by atoms with Crippen LogP contribution < -0.4 is 10.1 Å². The molecule has 2 aromatic rings. The highest BCUT2D eigenvalue weighted by molar-refractivity contribution is 9.10. The van der Waals surface area contributed by atoms with E-state index in [1.807, 2.05) is 11.3 Å². The Morgan fingerprint density at radius 1 is 1.45 bits per heavy atom. The largest absolute Gasteiger partial charge is 0.493 e. The Morgan fingerprint density at radius 2 is 2.35 bits per heavy atom. The lowest BCUT2D eigenvalue weighted by Gasteiger charge is -2.18. The van der Waals surface area contributed by atoms with Gasteiger partial charge in [0.2, 0.25) is 0 Å². The first kappa shape index (κ1) is 14.1. The van der Waals surface area contributed by atoms with Crippen molar-refractivity contribution in [2.75, 3.05) is 13.2 Å². The minimum Gasteiger partial charge on any atom is -0.493 e. The Hall–Kier alpha value is -0.840. The predicted octanol–water partition coefficient (Wildman–Crippen LogP) is 4.34. The smallest absolute Gasteiger partial charge is 0.125 e. The second-order valence-corrected chi connectivity index (χ2v) is 6.88. The van der Waals surface area contributed by atoms with Crippen LogP contribution in [0.2, 0.25) is 0 Å². The molecule has 1 aromatic carbocycles. The maximum atomic E-state index is 5.84. The Balaban J connectivity index is 1.89. The van der Waals surface area contributed by atoms with Gasteiger partial charge in [0.05, 0.1) is 6.61 Å². The number of benzene rings is 1. The van der Waals surface area contributed by atoms with E-state index in [9.17, 15) is 0 Å². The summed E-state index contributed by atoms with van der Waals surface area (Å²) < 4.78 is 6.99. The maximum absolute atomic E-state index is 5.84. The number of thiophene rings is 1. The van der Waals surface area contributed by atoms with Crippen LogP contribution in [0.25, 0.3) is 0 Å². The second-order valence-electron chi connectivity index (χ2n) is 4.98. The highest BCUT2D eigenvalue weighted by Crippen LogP contribution is 2.36. The van der Waals surface area contributed by atoms with E-state index in [-0.39, 0.29) is 0 Å². The predicted molar refractivity (Wildman–Crippen MR) is 87.8 cm³/mol. The maximum Gasteiger partial charge on any atom is 0.125 e. The summed E-state index contributed by atoms with van der Waals surface area (Å²) in [6.45, 7) is 3.94. The first-order valence-electron chi connectivity index (χ1n) is 6.99. The average molecular weight is 352 g/mol. The fourth-order valence-electron chi connectivity index (χ4n) is 2.73. The van der Waals surface area contributed by atoms with Crippen molar-refractivity contribution in [1.82, 2.24) is 5.32 Å². The number of hydrogen-bond acceptors (Lipinski definition) is 3. The first-order chi connectivity index (χ1) is 9.78. The first-order valence-corrected chi connectivity index (χ1v) is 8.66. The van der Waals surface area contributed by atoms with Crippen LogP contribution in [0.3, 0.4) is 0 Å². The van der Waals surface area contributed by atoms with Gasteiger partial charge in [0.15, 0.2) is 0 Å². The van der Waals surface area contributed by atoms with Gasteiger partial charge in [-0.3, -0.25) is 0 Å². The van der Waals surface area contributed by atoms with Crippen LogP contribution in [0.5, 0.6) is 5.75 Å².